The first kappa shape index (κ1) is 15.3. The average Bonchev–Trinajstić information content (AvgIpc) is 2.57. The van der Waals surface area contributed by atoms with Crippen molar-refractivity contribution in [1.82, 2.24) is 4.72 Å². The van der Waals surface area contributed by atoms with Crippen molar-refractivity contribution in [2.24, 2.45) is 0 Å². The van der Waals surface area contributed by atoms with E-state index >= 15 is 0 Å². The number of ether oxygens (including phenoxy) is 1. The van der Waals surface area contributed by atoms with Crippen molar-refractivity contribution >= 4 is 37.6 Å². The molecule has 1 aromatic rings. The smallest absolute Gasteiger partial charge is 0.242 e. The molecule has 1 saturated heterocycles. The molecule has 2 atom stereocenters. The lowest BCUT2D eigenvalue weighted by molar-refractivity contribution is 0.0957. The maximum absolute atomic E-state index is 12.4. The molecule has 1 heterocycles. The van der Waals surface area contributed by atoms with E-state index in [1.807, 2.05) is 13.8 Å². The molecule has 7 heteroatoms. The lowest BCUT2D eigenvalue weighted by Crippen LogP contribution is -2.50. The van der Waals surface area contributed by atoms with Crippen molar-refractivity contribution in [1.29, 1.82) is 0 Å². The van der Waals surface area contributed by atoms with E-state index in [0.717, 1.165) is 4.47 Å². The van der Waals surface area contributed by atoms with Gasteiger partial charge in [-0.05, 0) is 38.5 Å². The summed E-state index contributed by atoms with van der Waals surface area (Å²) in [5.41, 5.74) is -0.602. The van der Waals surface area contributed by atoms with Crippen LogP contribution < -0.4 is 4.72 Å². The largest absolute Gasteiger partial charge is 0.376 e. The summed E-state index contributed by atoms with van der Waals surface area (Å²) in [4.78, 5) is 0.0812. The highest BCUT2D eigenvalue weighted by atomic mass is 79.9. The first-order valence-electron chi connectivity index (χ1n) is 5.85. The van der Waals surface area contributed by atoms with E-state index in [2.05, 4.69) is 20.7 Å². The Morgan fingerprint density at radius 3 is 2.74 bits per heavy atom. The van der Waals surface area contributed by atoms with Crippen molar-refractivity contribution < 1.29 is 13.2 Å². The minimum absolute atomic E-state index is 0.0812. The molecule has 1 aromatic carbocycles. The van der Waals surface area contributed by atoms with Gasteiger partial charge in [0.05, 0.1) is 16.7 Å². The Bertz CT molecular complexity index is 593. The van der Waals surface area contributed by atoms with Crippen LogP contribution >= 0.6 is 27.5 Å². The summed E-state index contributed by atoms with van der Waals surface area (Å²) in [6, 6.07) is 4.70. The molecule has 0 aromatic heterocycles. The Balaban J connectivity index is 2.33. The third-order valence-electron chi connectivity index (χ3n) is 3.44. The van der Waals surface area contributed by atoms with Gasteiger partial charge in [-0.15, -0.1) is 0 Å². The Labute approximate surface area is 126 Å². The van der Waals surface area contributed by atoms with Gasteiger partial charge in [0.15, 0.2) is 0 Å². The molecule has 2 rings (SSSR count). The predicted octanol–water partition coefficient (Wildman–Crippen LogP) is 2.95. The van der Waals surface area contributed by atoms with Gasteiger partial charge in [-0.3, -0.25) is 0 Å². The van der Waals surface area contributed by atoms with Crippen molar-refractivity contribution in [3.8, 4) is 0 Å². The fourth-order valence-electron chi connectivity index (χ4n) is 2.02. The Morgan fingerprint density at radius 1 is 1.53 bits per heavy atom. The molecule has 0 spiro atoms. The van der Waals surface area contributed by atoms with E-state index < -0.39 is 15.6 Å². The minimum Gasteiger partial charge on any atom is -0.376 e. The van der Waals surface area contributed by atoms with Crippen LogP contribution in [-0.2, 0) is 14.8 Å². The lowest BCUT2D eigenvalue weighted by Gasteiger charge is -2.28. The van der Waals surface area contributed by atoms with Gasteiger partial charge < -0.3 is 4.74 Å². The molecule has 0 aliphatic carbocycles. The Hall–Kier alpha value is -0.140. The van der Waals surface area contributed by atoms with Crippen LogP contribution in [0.2, 0.25) is 5.02 Å². The topological polar surface area (TPSA) is 55.4 Å². The Kier molecular flexibility index (Phi) is 4.28. The van der Waals surface area contributed by atoms with E-state index in [4.69, 9.17) is 16.3 Å². The molecule has 0 bridgehead atoms. The number of sulfonamides is 1. The summed E-state index contributed by atoms with van der Waals surface area (Å²) >= 11 is 9.25. The Morgan fingerprint density at radius 2 is 2.21 bits per heavy atom. The second kappa shape index (κ2) is 5.33. The van der Waals surface area contributed by atoms with Gasteiger partial charge in [0, 0.05) is 11.1 Å². The van der Waals surface area contributed by atoms with Crippen molar-refractivity contribution in [3.63, 3.8) is 0 Å². The van der Waals surface area contributed by atoms with Crippen molar-refractivity contribution in [2.75, 3.05) is 6.61 Å². The number of benzene rings is 1. The zero-order chi connectivity index (χ0) is 14.3. The molecule has 0 saturated carbocycles. The van der Waals surface area contributed by atoms with Crippen LogP contribution in [0.25, 0.3) is 0 Å². The van der Waals surface area contributed by atoms with Gasteiger partial charge in [-0.25, -0.2) is 13.1 Å². The quantitative estimate of drug-likeness (QED) is 0.892. The molecule has 1 aliphatic heterocycles. The van der Waals surface area contributed by atoms with Gasteiger partial charge in [-0.2, -0.15) is 0 Å². The molecule has 19 heavy (non-hydrogen) atoms. The van der Waals surface area contributed by atoms with Crippen LogP contribution in [0.3, 0.4) is 0 Å². The fraction of sp³-hybridized carbons (Fsp3) is 0.500. The van der Waals surface area contributed by atoms with Crippen LogP contribution in [0.15, 0.2) is 27.6 Å². The molecule has 106 valence electrons. The van der Waals surface area contributed by atoms with Crippen molar-refractivity contribution in [2.45, 2.75) is 36.8 Å². The van der Waals surface area contributed by atoms with Gasteiger partial charge in [0.2, 0.25) is 10.0 Å². The first-order chi connectivity index (χ1) is 8.74. The third kappa shape index (κ3) is 3.13. The number of rotatable bonds is 3. The summed E-state index contributed by atoms with van der Waals surface area (Å²) < 4.78 is 33.7. The summed E-state index contributed by atoms with van der Waals surface area (Å²) in [6.07, 6.45) is 0.471. The highest BCUT2D eigenvalue weighted by Crippen LogP contribution is 2.30. The molecule has 1 fully saturated rings. The van der Waals surface area contributed by atoms with Gasteiger partial charge in [-0.1, -0.05) is 27.5 Å². The molecular formula is C12H15BrClNO3S. The first-order valence-corrected chi connectivity index (χ1v) is 8.51. The molecular weight excluding hydrogens is 354 g/mol. The van der Waals surface area contributed by atoms with E-state index in [1.54, 1.807) is 12.1 Å². The van der Waals surface area contributed by atoms with E-state index in [0.29, 0.717) is 13.0 Å². The summed E-state index contributed by atoms with van der Waals surface area (Å²) in [5.74, 6) is 0. The second-order valence-electron chi connectivity index (χ2n) is 4.86. The van der Waals surface area contributed by atoms with Crippen LogP contribution in [-0.4, -0.2) is 26.7 Å². The van der Waals surface area contributed by atoms with E-state index in [-0.39, 0.29) is 16.0 Å². The average molecular weight is 369 g/mol. The van der Waals surface area contributed by atoms with Crippen LogP contribution in [0.5, 0.6) is 0 Å². The van der Waals surface area contributed by atoms with Crippen LogP contribution in [0, 0.1) is 0 Å². The summed E-state index contributed by atoms with van der Waals surface area (Å²) in [6.45, 7) is 4.25. The zero-order valence-corrected chi connectivity index (χ0v) is 13.8. The van der Waals surface area contributed by atoms with Gasteiger partial charge >= 0.3 is 0 Å². The van der Waals surface area contributed by atoms with Crippen LogP contribution in [0.1, 0.15) is 20.3 Å². The molecule has 0 amide bonds. The fourth-order valence-corrected chi connectivity index (χ4v) is 4.56. The number of nitrogens with one attached hydrogen (secondary N) is 1. The lowest BCUT2D eigenvalue weighted by atomic mass is 9.97. The van der Waals surface area contributed by atoms with E-state index in [1.165, 1.54) is 6.07 Å². The highest BCUT2D eigenvalue weighted by Gasteiger charge is 2.40. The number of halogens is 2. The standard InChI is InChI=1S/C12H15BrClNO3S/c1-8-12(2,5-6-18-8)15-19(16,17)11-4-3-9(13)7-10(11)14/h3-4,7-8,15H,5-6H2,1-2H3. The molecule has 2 unspecified atom stereocenters. The van der Waals surface area contributed by atoms with Crippen molar-refractivity contribution in [3.05, 3.63) is 27.7 Å². The zero-order valence-electron chi connectivity index (χ0n) is 10.6. The number of hydrogen-bond acceptors (Lipinski definition) is 3. The molecule has 1 N–H and O–H groups in total. The normalized spacial score (nSPS) is 27.7. The summed E-state index contributed by atoms with van der Waals surface area (Å²) in [5, 5.41) is 0.192. The number of hydrogen-bond donors (Lipinski definition) is 1. The minimum atomic E-state index is -3.67. The molecule has 0 radical (unpaired) electrons. The predicted molar refractivity (Wildman–Crippen MR) is 77.9 cm³/mol. The van der Waals surface area contributed by atoms with Gasteiger partial charge in [0.25, 0.3) is 0 Å². The molecule has 4 nitrogen and oxygen atoms in total. The summed E-state index contributed by atoms with van der Waals surface area (Å²) in [7, 11) is -3.67. The van der Waals surface area contributed by atoms with Crippen LogP contribution in [0.4, 0.5) is 0 Å². The highest BCUT2D eigenvalue weighted by molar-refractivity contribution is 9.10. The maximum atomic E-state index is 12.4. The van der Waals surface area contributed by atoms with Gasteiger partial charge in [0.1, 0.15) is 4.90 Å². The maximum Gasteiger partial charge on any atom is 0.242 e. The van der Waals surface area contributed by atoms with E-state index in [9.17, 15) is 8.42 Å². The third-order valence-corrected chi connectivity index (χ3v) is 6.03. The second-order valence-corrected chi connectivity index (χ2v) is 7.83. The SMILES string of the molecule is CC1OCCC1(C)NS(=O)(=O)c1ccc(Br)cc1Cl. The monoisotopic (exact) mass is 367 g/mol. The molecule has 1 aliphatic rings.